The maximum absolute atomic E-state index is 8.80. The van der Waals surface area contributed by atoms with Gasteiger partial charge in [-0.05, 0) is 24.3 Å². The molecule has 0 unspecified atom stereocenters. The van der Waals surface area contributed by atoms with Crippen LogP contribution >= 0.6 is 0 Å². The average Bonchev–Trinajstić information content (AvgIpc) is 3.16. The third-order valence-corrected chi connectivity index (χ3v) is 2.52. The van der Waals surface area contributed by atoms with Crippen molar-refractivity contribution < 1.29 is 8.94 Å². The van der Waals surface area contributed by atoms with Gasteiger partial charge in [-0.25, -0.2) is 4.98 Å². The van der Waals surface area contributed by atoms with Gasteiger partial charge < -0.3 is 14.3 Å². The van der Waals surface area contributed by atoms with Gasteiger partial charge in [0.25, 0.3) is 5.89 Å². The van der Waals surface area contributed by atoms with Gasteiger partial charge in [0.2, 0.25) is 0 Å². The summed E-state index contributed by atoms with van der Waals surface area (Å²) in [5.74, 6) is 1.90. The number of rotatable bonds is 4. The highest BCUT2D eigenvalue weighted by atomic mass is 16.5. The predicted molar refractivity (Wildman–Crippen MR) is 68.3 cm³/mol. The zero-order chi connectivity index (χ0) is 13.8. The molecule has 0 aliphatic rings. The van der Waals surface area contributed by atoms with Gasteiger partial charge in [-0.15, -0.1) is 0 Å². The second-order valence-corrected chi connectivity index (χ2v) is 3.89. The molecule has 7 nitrogen and oxygen atoms in total. The third-order valence-electron chi connectivity index (χ3n) is 2.52. The van der Waals surface area contributed by atoms with Crippen LogP contribution in [-0.4, -0.2) is 15.1 Å². The molecular weight excluding hydrogens is 258 g/mol. The highest BCUT2D eigenvalue weighted by Gasteiger charge is 2.10. The van der Waals surface area contributed by atoms with E-state index in [2.05, 4.69) is 20.4 Å². The summed E-state index contributed by atoms with van der Waals surface area (Å²) in [5, 5.41) is 15.6. The number of furan rings is 1. The number of pyridine rings is 1. The normalized spacial score (nSPS) is 10.2. The second kappa shape index (κ2) is 5.24. The smallest absolute Gasteiger partial charge is 0.293 e. The van der Waals surface area contributed by atoms with Crippen LogP contribution in [-0.2, 0) is 6.54 Å². The van der Waals surface area contributed by atoms with Crippen molar-refractivity contribution in [3.63, 3.8) is 0 Å². The molecule has 7 heteroatoms. The molecule has 0 spiro atoms. The van der Waals surface area contributed by atoms with Crippen molar-refractivity contribution in [1.82, 2.24) is 15.1 Å². The molecule has 3 aromatic rings. The van der Waals surface area contributed by atoms with E-state index in [1.165, 1.54) is 6.26 Å². The van der Waals surface area contributed by atoms with Crippen LogP contribution in [0.5, 0.6) is 0 Å². The molecule has 98 valence electrons. The minimum absolute atomic E-state index is 0.325. The van der Waals surface area contributed by atoms with Crippen molar-refractivity contribution in [2.45, 2.75) is 6.54 Å². The number of hydrogen-bond donors (Lipinski definition) is 1. The number of nitrogens with zero attached hydrogens (tertiary/aromatic N) is 4. The summed E-state index contributed by atoms with van der Waals surface area (Å²) in [5.41, 5.74) is 0.534. The van der Waals surface area contributed by atoms with Gasteiger partial charge in [0.1, 0.15) is 5.82 Å². The van der Waals surface area contributed by atoms with Gasteiger partial charge in [-0.2, -0.15) is 10.2 Å². The lowest BCUT2D eigenvalue weighted by atomic mass is 10.3. The number of aromatic nitrogens is 3. The summed E-state index contributed by atoms with van der Waals surface area (Å²) in [6.45, 7) is 0.339. The fourth-order valence-electron chi connectivity index (χ4n) is 1.59. The number of nitrogens with one attached hydrogen (secondary N) is 1. The van der Waals surface area contributed by atoms with Crippen molar-refractivity contribution in [3.8, 4) is 17.7 Å². The number of anilines is 1. The van der Waals surface area contributed by atoms with Gasteiger partial charge in [0.05, 0.1) is 24.4 Å². The van der Waals surface area contributed by atoms with E-state index in [1.54, 1.807) is 30.5 Å². The van der Waals surface area contributed by atoms with Crippen molar-refractivity contribution in [2.24, 2.45) is 0 Å². The van der Waals surface area contributed by atoms with Crippen LogP contribution in [0, 0.1) is 11.3 Å². The Labute approximate surface area is 113 Å². The zero-order valence-corrected chi connectivity index (χ0v) is 10.3. The van der Waals surface area contributed by atoms with Gasteiger partial charge in [0, 0.05) is 6.20 Å². The lowest BCUT2D eigenvalue weighted by molar-refractivity contribution is 0.410. The average molecular weight is 267 g/mol. The lowest BCUT2D eigenvalue weighted by Crippen LogP contribution is -2.03. The highest BCUT2D eigenvalue weighted by molar-refractivity contribution is 5.44. The van der Waals surface area contributed by atoms with Crippen LogP contribution in [0.3, 0.4) is 0 Å². The molecule has 0 aromatic carbocycles. The molecule has 0 saturated heterocycles. The summed E-state index contributed by atoms with van der Waals surface area (Å²) in [4.78, 5) is 8.28. The molecule has 1 N–H and O–H groups in total. The predicted octanol–water partition coefficient (Wildman–Crippen LogP) is 2.21. The van der Waals surface area contributed by atoms with Gasteiger partial charge in [-0.1, -0.05) is 5.16 Å². The van der Waals surface area contributed by atoms with E-state index in [0.29, 0.717) is 35.4 Å². The number of nitriles is 1. The molecule has 3 aromatic heterocycles. The topological polar surface area (TPSA) is 101 Å². The van der Waals surface area contributed by atoms with Gasteiger partial charge in [0.15, 0.2) is 11.6 Å². The summed E-state index contributed by atoms with van der Waals surface area (Å²) in [6, 6.07) is 8.81. The molecule has 0 atom stereocenters. The van der Waals surface area contributed by atoms with Crippen LogP contribution in [0.4, 0.5) is 5.82 Å². The van der Waals surface area contributed by atoms with E-state index in [0.717, 1.165) is 0 Å². The van der Waals surface area contributed by atoms with E-state index >= 15 is 0 Å². The summed E-state index contributed by atoms with van der Waals surface area (Å²) in [7, 11) is 0. The summed E-state index contributed by atoms with van der Waals surface area (Å²) in [6.07, 6.45) is 3.10. The Hall–Kier alpha value is -3.14. The summed E-state index contributed by atoms with van der Waals surface area (Å²) < 4.78 is 10.2. The Kier molecular flexibility index (Phi) is 3.12. The Morgan fingerprint density at radius 3 is 3.10 bits per heavy atom. The second-order valence-electron chi connectivity index (χ2n) is 3.89. The van der Waals surface area contributed by atoms with Crippen molar-refractivity contribution in [1.29, 1.82) is 5.26 Å². The van der Waals surface area contributed by atoms with Crippen molar-refractivity contribution >= 4 is 5.82 Å². The highest BCUT2D eigenvalue weighted by Crippen LogP contribution is 2.17. The molecule has 0 bridgehead atoms. The summed E-state index contributed by atoms with van der Waals surface area (Å²) >= 11 is 0. The minimum Gasteiger partial charge on any atom is -0.459 e. The van der Waals surface area contributed by atoms with Gasteiger partial charge >= 0.3 is 0 Å². The van der Waals surface area contributed by atoms with Crippen molar-refractivity contribution in [3.05, 3.63) is 48.1 Å². The van der Waals surface area contributed by atoms with Crippen LogP contribution in [0.2, 0.25) is 0 Å². The molecule has 3 rings (SSSR count). The van der Waals surface area contributed by atoms with E-state index in [9.17, 15) is 0 Å². The van der Waals surface area contributed by atoms with Gasteiger partial charge in [-0.3, -0.25) is 0 Å². The molecule has 20 heavy (non-hydrogen) atoms. The Morgan fingerprint density at radius 2 is 2.30 bits per heavy atom. The molecule has 0 radical (unpaired) electrons. The standard InChI is InChI=1S/C13H9N5O2/c14-7-9-3-4-15-11(6-9)16-8-12-17-13(20-18-12)10-2-1-5-19-10/h1-6H,8H2,(H,15,16). The monoisotopic (exact) mass is 267 g/mol. The minimum atomic E-state index is 0.325. The molecule has 0 aliphatic carbocycles. The largest absolute Gasteiger partial charge is 0.459 e. The molecule has 0 aliphatic heterocycles. The SMILES string of the molecule is N#Cc1ccnc(NCc2noc(-c3ccco3)n2)c1. The first-order valence-electron chi connectivity index (χ1n) is 5.81. The van der Waals surface area contributed by atoms with Crippen molar-refractivity contribution in [2.75, 3.05) is 5.32 Å². The van der Waals surface area contributed by atoms with Crippen LogP contribution < -0.4 is 5.32 Å². The van der Waals surface area contributed by atoms with Crippen LogP contribution in [0.1, 0.15) is 11.4 Å². The first-order valence-corrected chi connectivity index (χ1v) is 5.81. The Balaban J connectivity index is 1.68. The van der Waals surface area contributed by atoms with Crippen LogP contribution in [0.15, 0.2) is 45.7 Å². The fraction of sp³-hybridized carbons (Fsp3) is 0.0769. The Bertz CT molecular complexity index is 742. The molecule has 0 saturated carbocycles. The molecule has 0 fully saturated rings. The maximum atomic E-state index is 8.80. The van der Waals surface area contributed by atoms with E-state index in [4.69, 9.17) is 14.2 Å². The van der Waals surface area contributed by atoms with E-state index in [1.807, 2.05) is 6.07 Å². The quantitative estimate of drug-likeness (QED) is 0.773. The third kappa shape index (κ3) is 2.49. The molecule has 0 amide bonds. The molecule has 3 heterocycles. The maximum Gasteiger partial charge on any atom is 0.293 e. The number of hydrogen-bond acceptors (Lipinski definition) is 7. The zero-order valence-electron chi connectivity index (χ0n) is 10.3. The fourth-order valence-corrected chi connectivity index (χ4v) is 1.59. The van der Waals surface area contributed by atoms with E-state index in [-0.39, 0.29) is 0 Å². The van der Waals surface area contributed by atoms with E-state index < -0.39 is 0 Å². The first-order chi connectivity index (χ1) is 9.85. The Morgan fingerprint density at radius 1 is 1.35 bits per heavy atom. The molecular formula is C13H9N5O2. The van der Waals surface area contributed by atoms with Crippen LogP contribution in [0.25, 0.3) is 11.7 Å². The first kappa shape index (κ1) is 11.9. The lowest BCUT2D eigenvalue weighted by Gasteiger charge is -2.01.